The van der Waals surface area contributed by atoms with Crippen molar-refractivity contribution in [3.63, 3.8) is 0 Å². The first-order valence-corrected chi connectivity index (χ1v) is 7.13. The van der Waals surface area contributed by atoms with Crippen LogP contribution >= 0.6 is 0 Å². The molecule has 0 saturated carbocycles. The second-order valence-corrected chi connectivity index (χ2v) is 5.54. The molecule has 0 aliphatic carbocycles. The number of benzene rings is 1. The molecule has 1 aliphatic heterocycles. The number of aromatic carboxylic acids is 1. The smallest absolute Gasteiger partial charge is 0.335 e. The van der Waals surface area contributed by atoms with Gasteiger partial charge in [-0.3, -0.25) is 9.69 Å². The molecule has 0 bridgehead atoms. The Morgan fingerprint density at radius 2 is 2.05 bits per heavy atom. The number of fused-ring (bicyclic) bond motifs is 1. The summed E-state index contributed by atoms with van der Waals surface area (Å²) in [4.78, 5) is 24.8. The molecule has 0 unspecified atom stereocenters. The first-order valence-electron chi connectivity index (χ1n) is 7.13. The quantitative estimate of drug-likeness (QED) is 0.916. The van der Waals surface area contributed by atoms with Crippen molar-refractivity contribution in [1.82, 2.24) is 14.7 Å². The van der Waals surface area contributed by atoms with E-state index in [1.165, 1.54) is 4.68 Å². The van der Waals surface area contributed by atoms with Gasteiger partial charge < -0.3 is 5.11 Å². The molecule has 114 valence electrons. The number of carboxylic acids is 1. The molecule has 1 N–H and O–H groups in total. The average molecular weight is 299 g/mol. The third-order valence-corrected chi connectivity index (χ3v) is 3.92. The summed E-state index contributed by atoms with van der Waals surface area (Å²) in [5.74, 6) is -0.916. The van der Waals surface area contributed by atoms with E-state index in [2.05, 4.69) is 10.00 Å². The predicted molar refractivity (Wildman–Crippen MR) is 80.7 cm³/mol. The highest BCUT2D eigenvalue weighted by Crippen LogP contribution is 2.17. The van der Waals surface area contributed by atoms with Crippen molar-refractivity contribution >= 4 is 5.97 Å². The maximum Gasteiger partial charge on any atom is 0.335 e. The molecule has 0 atom stereocenters. The molecule has 0 fully saturated rings. The SMILES string of the molecule is Cn1nc2c(cc1=O)CN(Cc1ccc(C(=O)O)cc1)CC2. The van der Waals surface area contributed by atoms with Crippen LogP contribution in [0.5, 0.6) is 0 Å². The zero-order chi connectivity index (χ0) is 15.7. The van der Waals surface area contributed by atoms with Crippen LogP contribution < -0.4 is 5.56 Å². The highest BCUT2D eigenvalue weighted by Gasteiger charge is 2.18. The standard InChI is InChI=1S/C16H17N3O3/c1-18-15(20)8-13-10-19(7-6-14(13)17-18)9-11-2-4-12(5-3-11)16(21)22/h2-5,8H,6-7,9-10H2,1H3,(H,21,22). The van der Waals surface area contributed by atoms with Gasteiger partial charge >= 0.3 is 5.97 Å². The topological polar surface area (TPSA) is 75.4 Å². The minimum absolute atomic E-state index is 0.0913. The van der Waals surface area contributed by atoms with Crippen molar-refractivity contribution in [3.05, 3.63) is 63.1 Å². The van der Waals surface area contributed by atoms with Crippen LogP contribution in [-0.4, -0.2) is 32.3 Å². The molecule has 2 heterocycles. The van der Waals surface area contributed by atoms with Gasteiger partial charge in [-0.05, 0) is 23.3 Å². The van der Waals surface area contributed by atoms with Gasteiger partial charge in [0.15, 0.2) is 0 Å². The van der Waals surface area contributed by atoms with E-state index in [4.69, 9.17) is 5.11 Å². The summed E-state index contributed by atoms with van der Waals surface area (Å²) in [6.07, 6.45) is 0.816. The fourth-order valence-electron chi connectivity index (χ4n) is 2.70. The lowest BCUT2D eigenvalue weighted by atomic mass is 10.1. The number of hydrogen-bond donors (Lipinski definition) is 1. The zero-order valence-corrected chi connectivity index (χ0v) is 12.3. The molecule has 6 heteroatoms. The molecular formula is C16H17N3O3. The second kappa shape index (κ2) is 5.73. The number of carboxylic acid groups (broad SMARTS) is 1. The number of aromatic nitrogens is 2. The number of aryl methyl sites for hydroxylation is 1. The number of rotatable bonds is 3. The van der Waals surface area contributed by atoms with Gasteiger partial charge in [0.05, 0.1) is 11.3 Å². The molecule has 0 amide bonds. The summed E-state index contributed by atoms with van der Waals surface area (Å²) in [6.45, 7) is 2.30. The largest absolute Gasteiger partial charge is 0.478 e. The van der Waals surface area contributed by atoms with Crippen LogP contribution in [0.3, 0.4) is 0 Å². The van der Waals surface area contributed by atoms with E-state index in [-0.39, 0.29) is 5.56 Å². The van der Waals surface area contributed by atoms with Crippen molar-refractivity contribution in [1.29, 1.82) is 0 Å². The Kier molecular flexibility index (Phi) is 3.77. The predicted octanol–water partition coefficient (Wildman–Crippen LogP) is 1.04. The van der Waals surface area contributed by atoms with Crippen LogP contribution in [0.25, 0.3) is 0 Å². The molecule has 1 aromatic carbocycles. The van der Waals surface area contributed by atoms with E-state index in [9.17, 15) is 9.59 Å². The highest BCUT2D eigenvalue weighted by molar-refractivity contribution is 5.87. The van der Waals surface area contributed by atoms with E-state index in [1.54, 1.807) is 25.2 Å². The van der Waals surface area contributed by atoms with Crippen molar-refractivity contribution in [2.45, 2.75) is 19.5 Å². The molecule has 6 nitrogen and oxygen atoms in total. The molecule has 0 radical (unpaired) electrons. The van der Waals surface area contributed by atoms with Gasteiger partial charge in [-0.1, -0.05) is 12.1 Å². The molecule has 1 aliphatic rings. The zero-order valence-electron chi connectivity index (χ0n) is 12.3. The van der Waals surface area contributed by atoms with Crippen molar-refractivity contribution in [2.75, 3.05) is 6.54 Å². The fraction of sp³-hybridized carbons (Fsp3) is 0.312. The fourth-order valence-corrected chi connectivity index (χ4v) is 2.70. The number of nitrogens with zero attached hydrogens (tertiary/aromatic N) is 3. The van der Waals surface area contributed by atoms with Crippen LogP contribution in [-0.2, 0) is 26.6 Å². The lowest BCUT2D eigenvalue weighted by Crippen LogP contribution is -2.34. The first kappa shape index (κ1) is 14.5. The minimum atomic E-state index is -0.916. The van der Waals surface area contributed by atoms with E-state index in [1.807, 2.05) is 12.1 Å². The van der Waals surface area contributed by atoms with Crippen LogP contribution in [0.1, 0.15) is 27.2 Å². The Labute approximate surface area is 127 Å². The summed E-state index contributed by atoms with van der Waals surface area (Å²) in [5, 5.41) is 13.2. The van der Waals surface area contributed by atoms with E-state index in [0.29, 0.717) is 12.1 Å². The minimum Gasteiger partial charge on any atom is -0.478 e. The molecule has 1 aromatic heterocycles. The molecular weight excluding hydrogens is 282 g/mol. The van der Waals surface area contributed by atoms with Gasteiger partial charge in [0.2, 0.25) is 0 Å². The van der Waals surface area contributed by atoms with Crippen molar-refractivity contribution in [3.8, 4) is 0 Å². The van der Waals surface area contributed by atoms with E-state index < -0.39 is 5.97 Å². The average Bonchev–Trinajstić information content (AvgIpc) is 2.49. The summed E-state index contributed by atoms with van der Waals surface area (Å²) in [6, 6.07) is 8.56. The molecule has 2 aromatic rings. The monoisotopic (exact) mass is 299 g/mol. The molecule has 0 spiro atoms. The highest BCUT2D eigenvalue weighted by atomic mass is 16.4. The Morgan fingerprint density at radius 3 is 2.73 bits per heavy atom. The normalized spacial score (nSPS) is 14.6. The van der Waals surface area contributed by atoms with E-state index >= 15 is 0 Å². The van der Waals surface area contributed by atoms with Gasteiger partial charge in [-0.25, -0.2) is 9.48 Å². The van der Waals surface area contributed by atoms with Crippen molar-refractivity contribution in [2.24, 2.45) is 7.05 Å². The van der Waals surface area contributed by atoms with Crippen LogP contribution in [0.15, 0.2) is 35.1 Å². The van der Waals surface area contributed by atoms with Gasteiger partial charge in [-0.15, -0.1) is 0 Å². The Morgan fingerprint density at radius 1 is 1.32 bits per heavy atom. The second-order valence-electron chi connectivity index (χ2n) is 5.54. The van der Waals surface area contributed by atoms with Crippen LogP contribution in [0, 0.1) is 0 Å². The molecule has 0 saturated heterocycles. The Balaban J connectivity index is 1.73. The molecule has 3 rings (SSSR count). The van der Waals surface area contributed by atoms with Crippen LogP contribution in [0.4, 0.5) is 0 Å². The van der Waals surface area contributed by atoms with Gasteiger partial charge in [0, 0.05) is 39.2 Å². The lowest BCUT2D eigenvalue weighted by Gasteiger charge is -2.28. The lowest BCUT2D eigenvalue weighted by molar-refractivity contribution is 0.0697. The summed E-state index contributed by atoms with van der Waals surface area (Å²) < 4.78 is 1.37. The number of hydrogen-bond acceptors (Lipinski definition) is 4. The maximum absolute atomic E-state index is 11.7. The Bertz CT molecular complexity index is 765. The third kappa shape index (κ3) is 2.92. The number of carbonyl (C=O) groups is 1. The van der Waals surface area contributed by atoms with Crippen LogP contribution in [0.2, 0.25) is 0 Å². The summed E-state index contributed by atoms with van der Waals surface area (Å²) in [5.41, 5.74) is 3.23. The first-order chi connectivity index (χ1) is 10.5. The Hall–Kier alpha value is -2.47. The maximum atomic E-state index is 11.7. The third-order valence-electron chi connectivity index (χ3n) is 3.92. The van der Waals surface area contributed by atoms with Gasteiger partial charge in [-0.2, -0.15) is 5.10 Å². The van der Waals surface area contributed by atoms with E-state index in [0.717, 1.165) is 36.3 Å². The molecule has 22 heavy (non-hydrogen) atoms. The summed E-state index contributed by atoms with van der Waals surface area (Å²) in [7, 11) is 1.67. The van der Waals surface area contributed by atoms with Crippen molar-refractivity contribution < 1.29 is 9.90 Å². The van der Waals surface area contributed by atoms with Gasteiger partial charge in [0.25, 0.3) is 5.56 Å². The van der Waals surface area contributed by atoms with Gasteiger partial charge in [0.1, 0.15) is 0 Å². The summed E-state index contributed by atoms with van der Waals surface area (Å²) >= 11 is 0.